The molecule has 1 aromatic heterocycles. The monoisotopic (exact) mass is 260 g/mol. The van der Waals surface area contributed by atoms with Crippen molar-refractivity contribution in [1.82, 2.24) is 20.2 Å². The van der Waals surface area contributed by atoms with Gasteiger partial charge in [0.25, 0.3) is 0 Å². The molecule has 4 nitrogen and oxygen atoms in total. The summed E-state index contributed by atoms with van der Waals surface area (Å²) in [6.45, 7) is 5.46. The fourth-order valence-corrected chi connectivity index (χ4v) is 3.16. The van der Waals surface area contributed by atoms with Gasteiger partial charge in [0, 0.05) is 37.6 Å². The van der Waals surface area contributed by atoms with E-state index in [1.165, 1.54) is 25.7 Å². The van der Waals surface area contributed by atoms with Crippen LogP contribution in [0, 0.1) is 5.92 Å². The topological polar surface area (TPSA) is 41.1 Å². The molecule has 19 heavy (non-hydrogen) atoms. The molecule has 2 unspecified atom stereocenters. The Labute approximate surface area is 115 Å². The van der Waals surface area contributed by atoms with Crippen LogP contribution in [0.4, 0.5) is 0 Å². The van der Waals surface area contributed by atoms with E-state index in [2.05, 4.69) is 27.1 Å². The van der Waals surface area contributed by atoms with Gasteiger partial charge in [-0.25, -0.2) is 9.97 Å². The first-order valence-electron chi connectivity index (χ1n) is 7.60. The lowest BCUT2D eigenvalue weighted by Crippen LogP contribution is -2.56. The van der Waals surface area contributed by atoms with Crippen molar-refractivity contribution >= 4 is 0 Å². The van der Waals surface area contributed by atoms with E-state index < -0.39 is 0 Å². The van der Waals surface area contributed by atoms with Gasteiger partial charge in [-0.2, -0.15) is 0 Å². The van der Waals surface area contributed by atoms with Crippen LogP contribution in [0.5, 0.6) is 0 Å². The van der Waals surface area contributed by atoms with Crippen LogP contribution in [-0.4, -0.2) is 40.0 Å². The summed E-state index contributed by atoms with van der Waals surface area (Å²) in [5.74, 6) is 1.86. The second kappa shape index (κ2) is 5.97. The summed E-state index contributed by atoms with van der Waals surface area (Å²) in [6, 6.07) is 3.22. The van der Waals surface area contributed by atoms with E-state index in [-0.39, 0.29) is 0 Å². The van der Waals surface area contributed by atoms with Crippen LogP contribution in [0.25, 0.3) is 0 Å². The van der Waals surface area contributed by atoms with Crippen LogP contribution < -0.4 is 5.32 Å². The van der Waals surface area contributed by atoms with Gasteiger partial charge in [0.2, 0.25) is 0 Å². The molecule has 2 atom stereocenters. The normalized spacial score (nSPS) is 28.5. The number of nitrogens with zero attached hydrogens (tertiary/aromatic N) is 3. The third-order valence-electron chi connectivity index (χ3n) is 4.31. The van der Waals surface area contributed by atoms with Gasteiger partial charge >= 0.3 is 0 Å². The summed E-state index contributed by atoms with van der Waals surface area (Å²) >= 11 is 0. The van der Waals surface area contributed by atoms with Gasteiger partial charge < -0.3 is 5.32 Å². The van der Waals surface area contributed by atoms with Gasteiger partial charge in [-0.05, 0) is 31.2 Å². The fraction of sp³-hybridized carbons (Fsp3) is 0.733. The van der Waals surface area contributed by atoms with Crippen LogP contribution in [0.3, 0.4) is 0 Å². The minimum Gasteiger partial charge on any atom is -0.311 e. The summed E-state index contributed by atoms with van der Waals surface area (Å²) in [5.41, 5.74) is 0. The Balaban J connectivity index is 1.66. The quantitative estimate of drug-likeness (QED) is 0.877. The molecule has 0 amide bonds. The predicted molar refractivity (Wildman–Crippen MR) is 75.7 cm³/mol. The third-order valence-corrected chi connectivity index (χ3v) is 4.31. The highest BCUT2D eigenvalue weighted by Crippen LogP contribution is 2.36. The van der Waals surface area contributed by atoms with Crippen molar-refractivity contribution in [3.05, 3.63) is 24.3 Å². The molecule has 4 heteroatoms. The largest absolute Gasteiger partial charge is 0.311 e. The Bertz CT molecular complexity index is 390. The van der Waals surface area contributed by atoms with E-state index in [0.717, 1.165) is 31.4 Å². The average Bonchev–Trinajstić information content (AvgIpc) is 3.25. The molecule has 1 N–H and O–H groups in total. The second-order valence-electron chi connectivity index (χ2n) is 5.89. The highest BCUT2D eigenvalue weighted by Gasteiger charge is 2.38. The van der Waals surface area contributed by atoms with E-state index in [1.54, 1.807) is 0 Å². The standard InChI is InChI=1S/C15H24N4/c1-2-4-13-10-19(11-15-16-7-3-8-17-15)14(9-18-13)12-5-6-12/h3,7-8,12-14,18H,2,4-6,9-11H2,1H3. The molecule has 1 aliphatic carbocycles. The van der Waals surface area contributed by atoms with Gasteiger partial charge in [0.05, 0.1) is 6.54 Å². The maximum atomic E-state index is 4.38. The van der Waals surface area contributed by atoms with E-state index in [1.807, 2.05) is 18.5 Å². The van der Waals surface area contributed by atoms with Gasteiger partial charge in [-0.3, -0.25) is 4.90 Å². The van der Waals surface area contributed by atoms with Crippen molar-refractivity contribution in [2.45, 2.75) is 51.2 Å². The van der Waals surface area contributed by atoms with Crippen molar-refractivity contribution < 1.29 is 0 Å². The van der Waals surface area contributed by atoms with Crippen molar-refractivity contribution in [2.75, 3.05) is 13.1 Å². The number of hydrogen-bond acceptors (Lipinski definition) is 4. The molecule has 0 aromatic carbocycles. The summed E-state index contributed by atoms with van der Waals surface area (Å²) in [7, 11) is 0. The van der Waals surface area contributed by atoms with Gasteiger partial charge in [0.15, 0.2) is 0 Å². The molecule has 2 aliphatic rings. The predicted octanol–water partition coefficient (Wildman–Crippen LogP) is 1.83. The molecular formula is C15H24N4. The SMILES string of the molecule is CCCC1CN(Cc2ncccn2)C(C2CC2)CN1. The van der Waals surface area contributed by atoms with Crippen molar-refractivity contribution in [3.63, 3.8) is 0 Å². The third kappa shape index (κ3) is 3.31. The maximum Gasteiger partial charge on any atom is 0.142 e. The Morgan fingerprint density at radius 1 is 1.32 bits per heavy atom. The zero-order valence-corrected chi connectivity index (χ0v) is 11.8. The van der Waals surface area contributed by atoms with E-state index in [9.17, 15) is 0 Å². The van der Waals surface area contributed by atoms with Gasteiger partial charge in [-0.15, -0.1) is 0 Å². The summed E-state index contributed by atoms with van der Waals surface area (Å²) in [6.07, 6.45) is 9.01. The van der Waals surface area contributed by atoms with E-state index in [4.69, 9.17) is 0 Å². The van der Waals surface area contributed by atoms with Gasteiger partial charge in [-0.1, -0.05) is 13.3 Å². The van der Waals surface area contributed by atoms with Crippen molar-refractivity contribution in [1.29, 1.82) is 0 Å². The smallest absolute Gasteiger partial charge is 0.142 e. The molecule has 2 fully saturated rings. The van der Waals surface area contributed by atoms with Crippen LogP contribution in [-0.2, 0) is 6.54 Å². The molecule has 104 valence electrons. The molecular weight excluding hydrogens is 236 g/mol. The minimum atomic E-state index is 0.642. The molecule has 0 radical (unpaired) electrons. The molecule has 1 aliphatic heterocycles. The van der Waals surface area contributed by atoms with Crippen LogP contribution >= 0.6 is 0 Å². The van der Waals surface area contributed by atoms with Crippen LogP contribution in [0.1, 0.15) is 38.4 Å². The summed E-state index contributed by atoms with van der Waals surface area (Å²) in [4.78, 5) is 11.4. The Morgan fingerprint density at radius 2 is 2.11 bits per heavy atom. The number of aromatic nitrogens is 2. The Hall–Kier alpha value is -1.00. The van der Waals surface area contributed by atoms with Crippen molar-refractivity contribution in [2.24, 2.45) is 5.92 Å². The molecule has 2 heterocycles. The summed E-state index contributed by atoms with van der Waals surface area (Å²) < 4.78 is 0. The lowest BCUT2D eigenvalue weighted by Gasteiger charge is -2.40. The Kier molecular flexibility index (Phi) is 4.09. The highest BCUT2D eigenvalue weighted by molar-refractivity contribution is 4.97. The molecule has 0 bridgehead atoms. The number of rotatable bonds is 5. The second-order valence-corrected chi connectivity index (χ2v) is 5.89. The van der Waals surface area contributed by atoms with E-state index in [0.29, 0.717) is 12.1 Å². The lowest BCUT2D eigenvalue weighted by molar-refractivity contribution is 0.101. The van der Waals surface area contributed by atoms with E-state index >= 15 is 0 Å². The first-order valence-corrected chi connectivity index (χ1v) is 7.60. The number of hydrogen-bond donors (Lipinski definition) is 1. The lowest BCUT2D eigenvalue weighted by atomic mass is 10.0. The first-order chi connectivity index (χ1) is 9.36. The van der Waals surface area contributed by atoms with Gasteiger partial charge in [0.1, 0.15) is 5.82 Å². The van der Waals surface area contributed by atoms with Crippen LogP contribution in [0.15, 0.2) is 18.5 Å². The molecule has 1 aromatic rings. The molecule has 3 rings (SSSR count). The molecule has 1 saturated carbocycles. The average molecular weight is 260 g/mol. The molecule has 0 spiro atoms. The highest BCUT2D eigenvalue weighted by atomic mass is 15.2. The Morgan fingerprint density at radius 3 is 2.79 bits per heavy atom. The zero-order valence-electron chi connectivity index (χ0n) is 11.8. The minimum absolute atomic E-state index is 0.642. The van der Waals surface area contributed by atoms with Crippen LogP contribution in [0.2, 0.25) is 0 Å². The number of piperazine rings is 1. The zero-order chi connectivity index (χ0) is 13.1. The number of nitrogens with one attached hydrogen (secondary N) is 1. The molecule has 1 saturated heterocycles. The summed E-state index contributed by atoms with van der Waals surface area (Å²) in [5, 5.41) is 3.72. The van der Waals surface area contributed by atoms with Crippen molar-refractivity contribution in [3.8, 4) is 0 Å². The fourth-order valence-electron chi connectivity index (χ4n) is 3.16. The first kappa shape index (κ1) is 13.0. The maximum absolute atomic E-state index is 4.38.